The molecule has 1 N–H and O–H groups in total. The number of benzene rings is 1. The fourth-order valence-electron chi connectivity index (χ4n) is 2.63. The van der Waals surface area contributed by atoms with E-state index in [1.54, 1.807) is 17.4 Å². The Morgan fingerprint density at radius 3 is 2.29 bits per heavy atom. The van der Waals surface area contributed by atoms with Crippen LogP contribution < -0.4 is 5.43 Å². The number of aromatic nitrogens is 1. The smallest absolute Gasteiger partial charge is 0.184 e. The van der Waals surface area contributed by atoms with Crippen LogP contribution in [0.15, 0.2) is 71.4 Å². The molecule has 0 fully saturated rings. The molecule has 4 rings (SSSR count). The number of nitrogens with one attached hydrogen (secondary N) is 1. The van der Waals surface area contributed by atoms with Gasteiger partial charge in [-0.25, -0.2) is 0 Å². The normalized spacial score (nSPS) is 16.6. The first-order valence-corrected chi connectivity index (χ1v) is 7.89. The Bertz CT molecular complexity index is 914. The molecule has 0 spiro atoms. The van der Waals surface area contributed by atoms with Crippen LogP contribution in [0.5, 0.6) is 0 Å². The summed E-state index contributed by atoms with van der Waals surface area (Å²) in [5, 5.41) is 11.4. The third-order valence-electron chi connectivity index (χ3n) is 3.72. The lowest BCUT2D eigenvalue weighted by Gasteiger charge is -2.25. The van der Waals surface area contributed by atoms with Crippen molar-refractivity contribution in [2.75, 3.05) is 0 Å². The Balaban J connectivity index is 2.00. The second-order valence-corrected chi connectivity index (χ2v) is 5.98. The van der Waals surface area contributed by atoms with Crippen LogP contribution in [0.1, 0.15) is 11.1 Å². The van der Waals surface area contributed by atoms with Crippen molar-refractivity contribution in [3.05, 3.63) is 77.3 Å². The first-order chi connectivity index (χ1) is 11.6. The van der Waals surface area contributed by atoms with Crippen LogP contribution in [-0.2, 0) is 0 Å². The molecule has 7 heteroatoms. The standard InChI is InChI=1S/C17H11Cl2N5/c1-10-21-22-17-15(11-2-4-13(18)5-3-11)14(16(19)23-24(10)17)12-6-8-20-9-7-12/h2-9,21H,1H2. The first kappa shape index (κ1) is 14.9. The molecule has 1 aromatic heterocycles. The Labute approximate surface area is 148 Å². The zero-order valence-corrected chi connectivity index (χ0v) is 13.9. The quantitative estimate of drug-likeness (QED) is 0.888. The van der Waals surface area contributed by atoms with Crippen LogP contribution >= 0.6 is 23.2 Å². The maximum absolute atomic E-state index is 6.51. The van der Waals surface area contributed by atoms with Gasteiger partial charge < -0.3 is 0 Å². The van der Waals surface area contributed by atoms with E-state index >= 15 is 0 Å². The molecule has 2 aliphatic heterocycles. The second kappa shape index (κ2) is 5.78. The van der Waals surface area contributed by atoms with E-state index in [2.05, 4.69) is 27.2 Å². The number of fused-ring (bicyclic) bond motifs is 1. The van der Waals surface area contributed by atoms with Gasteiger partial charge >= 0.3 is 0 Å². The summed E-state index contributed by atoms with van der Waals surface area (Å²) in [5.74, 6) is 1.18. The van der Waals surface area contributed by atoms with Crippen molar-refractivity contribution in [1.29, 1.82) is 0 Å². The molecule has 2 aliphatic rings. The summed E-state index contributed by atoms with van der Waals surface area (Å²) in [6, 6.07) is 11.3. The monoisotopic (exact) mass is 355 g/mol. The largest absolute Gasteiger partial charge is 0.265 e. The van der Waals surface area contributed by atoms with E-state index in [1.807, 2.05) is 36.4 Å². The van der Waals surface area contributed by atoms with E-state index in [1.165, 1.54) is 0 Å². The van der Waals surface area contributed by atoms with E-state index in [0.29, 0.717) is 21.9 Å². The fraction of sp³-hybridized carbons (Fsp3) is 0. The average molecular weight is 356 g/mol. The van der Waals surface area contributed by atoms with Gasteiger partial charge in [-0.1, -0.05) is 41.9 Å². The van der Waals surface area contributed by atoms with Gasteiger partial charge in [0.2, 0.25) is 0 Å². The van der Waals surface area contributed by atoms with Gasteiger partial charge in [-0.3, -0.25) is 10.4 Å². The number of hydrazone groups is 2. The van der Waals surface area contributed by atoms with Crippen LogP contribution in [0.3, 0.4) is 0 Å². The molecule has 0 atom stereocenters. The minimum Gasteiger partial charge on any atom is -0.265 e. The van der Waals surface area contributed by atoms with Crippen molar-refractivity contribution in [3.8, 4) is 0 Å². The lowest BCUT2D eigenvalue weighted by molar-refractivity contribution is 0.552. The SMILES string of the molecule is C=C1NN=C2C(c3ccc(Cl)cc3)=C(c3ccncc3)C(Cl)=NN12. The molecule has 5 nitrogen and oxygen atoms in total. The highest BCUT2D eigenvalue weighted by Crippen LogP contribution is 2.37. The van der Waals surface area contributed by atoms with Crippen LogP contribution in [0.2, 0.25) is 5.02 Å². The molecule has 0 saturated carbocycles. The third-order valence-corrected chi connectivity index (χ3v) is 4.23. The topological polar surface area (TPSA) is 52.9 Å². The van der Waals surface area contributed by atoms with Gasteiger partial charge in [-0.15, -0.1) is 0 Å². The Morgan fingerprint density at radius 2 is 1.58 bits per heavy atom. The summed E-state index contributed by atoms with van der Waals surface area (Å²) < 4.78 is 0. The Kier molecular flexibility index (Phi) is 3.59. The number of hydrogen-bond acceptors (Lipinski definition) is 5. The van der Waals surface area contributed by atoms with Crippen LogP contribution in [0.25, 0.3) is 11.1 Å². The number of nitrogens with zero attached hydrogens (tertiary/aromatic N) is 4. The average Bonchev–Trinajstić information content (AvgIpc) is 2.96. The van der Waals surface area contributed by atoms with Gasteiger partial charge in [0.05, 0.1) is 0 Å². The number of halogens is 2. The van der Waals surface area contributed by atoms with Crippen molar-refractivity contribution in [3.63, 3.8) is 0 Å². The van der Waals surface area contributed by atoms with Crippen LogP contribution in [-0.4, -0.2) is 21.0 Å². The minimum atomic E-state index is 0.356. The maximum Gasteiger partial charge on any atom is 0.184 e. The lowest BCUT2D eigenvalue weighted by atomic mass is 9.93. The van der Waals surface area contributed by atoms with Gasteiger partial charge in [0.1, 0.15) is 5.82 Å². The van der Waals surface area contributed by atoms with Crippen molar-refractivity contribution >= 4 is 45.4 Å². The summed E-state index contributed by atoms with van der Waals surface area (Å²) in [7, 11) is 0. The maximum atomic E-state index is 6.51. The van der Waals surface area contributed by atoms with Gasteiger partial charge in [0, 0.05) is 28.6 Å². The molecule has 0 bridgehead atoms. The fourth-order valence-corrected chi connectivity index (χ4v) is 3.04. The highest BCUT2D eigenvalue weighted by molar-refractivity contribution is 6.79. The van der Waals surface area contributed by atoms with Gasteiger partial charge in [0.25, 0.3) is 0 Å². The van der Waals surface area contributed by atoms with Crippen molar-refractivity contribution in [2.24, 2.45) is 10.2 Å². The van der Waals surface area contributed by atoms with Gasteiger partial charge in [-0.2, -0.15) is 15.2 Å². The van der Waals surface area contributed by atoms with E-state index in [0.717, 1.165) is 22.3 Å². The number of allylic oxidation sites excluding steroid dienone is 1. The molecule has 0 aliphatic carbocycles. The van der Waals surface area contributed by atoms with Gasteiger partial charge in [-0.05, 0) is 35.4 Å². The van der Waals surface area contributed by atoms with E-state index < -0.39 is 0 Å². The predicted octanol–water partition coefficient (Wildman–Crippen LogP) is 3.90. The van der Waals surface area contributed by atoms with E-state index in [-0.39, 0.29) is 0 Å². The molecule has 0 amide bonds. The zero-order valence-electron chi connectivity index (χ0n) is 12.4. The van der Waals surface area contributed by atoms with Gasteiger partial charge in [0.15, 0.2) is 11.0 Å². The highest BCUT2D eigenvalue weighted by Gasteiger charge is 2.33. The molecule has 0 saturated heterocycles. The number of hydrogen-bond donors (Lipinski definition) is 1. The first-order valence-electron chi connectivity index (χ1n) is 7.13. The highest BCUT2D eigenvalue weighted by atomic mass is 35.5. The lowest BCUT2D eigenvalue weighted by Crippen LogP contribution is -2.28. The Hall–Kier alpha value is -2.63. The van der Waals surface area contributed by atoms with Crippen LogP contribution in [0, 0.1) is 0 Å². The second-order valence-electron chi connectivity index (χ2n) is 5.19. The predicted molar refractivity (Wildman–Crippen MR) is 97.3 cm³/mol. The summed E-state index contributed by atoms with van der Waals surface area (Å²) in [4.78, 5) is 4.06. The molecule has 24 heavy (non-hydrogen) atoms. The molecule has 3 heterocycles. The van der Waals surface area contributed by atoms with E-state index in [9.17, 15) is 0 Å². The van der Waals surface area contributed by atoms with Crippen LogP contribution in [0.4, 0.5) is 0 Å². The molecule has 1 aromatic carbocycles. The third kappa shape index (κ3) is 2.38. The zero-order chi connectivity index (χ0) is 16.7. The summed E-state index contributed by atoms with van der Waals surface area (Å²) in [5.41, 5.74) is 6.32. The molecule has 0 radical (unpaired) electrons. The summed E-state index contributed by atoms with van der Waals surface area (Å²) in [6.45, 7) is 3.89. The van der Waals surface area contributed by atoms with Crippen molar-refractivity contribution in [2.45, 2.75) is 0 Å². The van der Waals surface area contributed by atoms with Crippen molar-refractivity contribution < 1.29 is 0 Å². The minimum absolute atomic E-state index is 0.356. The summed E-state index contributed by atoms with van der Waals surface area (Å²) >= 11 is 12.5. The number of rotatable bonds is 2. The summed E-state index contributed by atoms with van der Waals surface area (Å²) in [6.07, 6.45) is 3.43. The molecule has 0 unspecified atom stereocenters. The molecule has 118 valence electrons. The van der Waals surface area contributed by atoms with Crippen molar-refractivity contribution in [1.82, 2.24) is 15.4 Å². The molecular formula is C17H11Cl2N5. The number of amidine groups is 1. The Morgan fingerprint density at radius 1 is 0.917 bits per heavy atom. The molecular weight excluding hydrogens is 345 g/mol. The molecule has 2 aromatic rings. The number of pyridine rings is 1. The van der Waals surface area contributed by atoms with E-state index in [4.69, 9.17) is 23.2 Å².